The van der Waals surface area contributed by atoms with Gasteiger partial charge in [0, 0.05) is 35.4 Å². The van der Waals surface area contributed by atoms with Crippen molar-refractivity contribution in [1.82, 2.24) is 15.3 Å². The number of carbonyl (C=O) groups is 2. The SMILES string of the molecule is O=C1Nc2cc(C(=O)NCCc3cnc[nH]3)ccc2OC1=Cc1cccc(Cl)c1. The molecule has 0 saturated heterocycles. The number of amides is 2. The molecule has 3 aromatic rings. The third-order valence-corrected chi connectivity index (χ3v) is 4.55. The second-order valence-electron chi connectivity index (χ2n) is 6.41. The minimum Gasteiger partial charge on any atom is -0.449 e. The van der Waals surface area contributed by atoms with E-state index in [9.17, 15) is 9.59 Å². The minimum atomic E-state index is -0.394. The predicted octanol–water partition coefficient (Wildman–Crippen LogP) is 3.41. The zero-order valence-electron chi connectivity index (χ0n) is 15.2. The number of halogens is 1. The molecule has 7 nitrogen and oxygen atoms in total. The number of hydrogen-bond donors (Lipinski definition) is 3. The minimum absolute atomic E-state index is 0.150. The molecule has 1 aliphatic rings. The lowest BCUT2D eigenvalue weighted by atomic mass is 10.1. The molecule has 0 saturated carbocycles. The van der Waals surface area contributed by atoms with Crippen molar-refractivity contribution in [3.05, 3.63) is 82.6 Å². The van der Waals surface area contributed by atoms with E-state index in [1.807, 2.05) is 6.07 Å². The first-order chi connectivity index (χ1) is 14.1. The van der Waals surface area contributed by atoms with Crippen LogP contribution in [0.25, 0.3) is 6.08 Å². The summed E-state index contributed by atoms with van der Waals surface area (Å²) < 4.78 is 5.72. The zero-order valence-corrected chi connectivity index (χ0v) is 16.0. The Morgan fingerprint density at radius 3 is 2.93 bits per heavy atom. The van der Waals surface area contributed by atoms with E-state index >= 15 is 0 Å². The van der Waals surface area contributed by atoms with Gasteiger partial charge in [0.2, 0.25) is 0 Å². The van der Waals surface area contributed by atoms with E-state index in [0.29, 0.717) is 35.0 Å². The summed E-state index contributed by atoms with van der Waals surface area (Å²) in [5.74, 6) is -0.0143. The molecule has 2 heterocycles. The van der Waals surface area contributed by atoms with Crippen LogP contribution >= 0.6 is 11.6 Å². The van der Waals surface area contributed by atoms with E-state index < -0.39 is 5.91 Å². The average Bonchev–Trinajstić information content (AvgIpc) is 3.22. The Balaban J connectivity index is 1.45. The normalized spacial score (nSPS) is 14.1. The summed E-state index contributed by atoms with van der Waals surface area (Å²) in [4.78, 5) is 31.7. The van der Waals surface area contributed by atoms with Crippen LogP contribution in [-0.4, -0.2) is 28.3 Å². The first kappa shape index (κ1) is 18.8. The molecule has 0 atom stereocenters. The van der Waals surface area contributed by atoms with Gasteiger partial charge < -0.3 is 20.4 Å². The number of benzene rings is 2. The molecule has 2 amide bonds. The molecule has 0 radical (unpaired) electrons. The first-order valence-corrected chi connectivity index (χ1v) is 9.32. The lowest BCUT2D eigenvalue weighted by Gasteiger charge is -2.20. The summed E-state index contributed by atoms with van der Waals surface area (Å²) >= 11 is 5.98. The van der Waals surface area contributed by atoms with E-state index in [2.05, 4.69) is 20.6 Å². The van der Waals surface area contributed by atoms with Crippen molar-refractivity contribution in [3.8, 4) is 5.75 Å². The number of fused-ring (bicyclic) bond motifs is 1. The number of anilines is 1. The number of aromatic nitrogens is 2. The molecule has 0 bridgehead atoms. The van der Waals surface area contributed by atoms with Gasteiger partial charge in [-0.05, 0) is 42.0 Å². The van der Waals surface area contributed by atoms with Crippen LogP contribution in [0.5, 0.6) is 5.75 Å². The van der Waals surface area contributed by atoms with Gasteiger partial charge in [-0.15, -0.1) is 0 Å². The van der Waals surface area contributed by atoms with Crippen LogP contribution in [0, 0.1) is 0 Å². The van der Waals surface area contributed by atoms with E-state index in [-0.39, 0.29) is 11.7 Å². The number of rotatable bonds is 5. The van der Waals surface area contributed by atoms with E-state index in [0.717, 1.165) is 11.3 Å². The molecule has 29 heavy (non-hydrogen) atoms. The van der Waals surface area contributed by atoms with Crippen LogP contribution in [0.3, 0.4) is 0 Å². The molecule has 0 aliphatic carbocycles. The molecular weight excluding hydrogens is 392 g/mol. The third-order valence-electron chi connectivity index (χ3n) is 4.31. The van der Waals surface area contributed by atoms with Gasteiger partial charge in [-0.1, -0.05) is 23.7 Å². The van der Waals surface area contributed by atoms with E-state index in [1.165, 1.54) is 0 Å². The molecule has 4 rings (SSSR count). The van der Waals surface area contributed by atoms with Crippen LogP contribution in [-0.2, 0) is 11.2 Å². The highest BCUT2D eigenvalue weighted by molar-refractivity contribution is 6.30. The van der Waals surface area contributed by atoms with Crippen molar-refractivity contribution in [2.24, 2.45) is 0 Å². The van der Waals surface area contributed by atoms with Gasteiger partial charge in [0.25, 0.3) is 11.8 Å². The van der Waals surface area contributed by atoms with Gasteiger partial charge >= 0.3 is 0 Å². The van der Waals surface area contributed by atoms with Crippen molar-refractivity contribution in [2.75, 3.05) is 11.9 Å². The number of nitrogens with zero attached hydrogens (tertiary/aromatic N) is 1. The Morgan fingerprint density at radius 2 is 2.14 bits per heavy atom. The summed E-state index contributed by atoms with van der Waals surface area (Å²) in [6, 6.07) is 12.0. The maximum absolute atomic E-state index is 12.4. The lowest BCUT2D eigenvalue weighted by Crippen LogP contribution is -2.27. The topological polar surface area (TPSA) is 96.1 Å². The Kier molecular flexibility index (Phi) is 5.31. The van der Waals surface area contributed by atoms with Crippen LogP contribution in [0.4, 0.5) is 5.69 Å². The second kappa shape index (κ2) is 8.20. The number of carbonyl (C=O) groups excluding carboxylic acids is 2. The molecule has 1 aliphatic heterocycles. The Bertz CT molecular complexity index is 1090. The monoisotopic (exact) mass is 408 g/mol. The van der Waals surface area contributed by atoms with Crippen molar-refractivity contribution >= 4 is 35.2 Å². The molecular formula is C21H17ClN4O3. The number of imidazole rings is 1. The van der Waals surface area contributed by atoms with Gasteiger partial charge in [-0.3, -0.25) is 9.59 Å². The molecule has 2 aromatic carbocycles. The summed E-state index contributed by atoms with van der Waals surface area (Å²) in [6.07, 6.45) is 5.57. The first-order valence-electron chi connectivity index (χ1n) is 8.94. The number of nitrogens with one attached hydrogen (secondary N) is 3. The van der Waals surface area contributed by atoms with E-state index in [1.54, 1.807) is 55.0 Å². The van der Waals surface area contributed by atoms with Crippen LogP contribution < -0.4 is 15.4 Å². The number of aromatic amines is 1. The number of H-pyrrole nitrogens is 1. The fourth-order valence-electron chi connectivity index (χ4n) is 2.88. The van der Waals surface area contributed by atoms with Crippen LogP contribution in [0.2, 0.25) is 5.02 Å². The molecule has 8 heteroatoms. The molecule has 3 N–H and O–H groups in total. The summed E-state index contributed by atoms with van der Waals surface area (Å²) in [6.45, 7) is 0.466. The zero-order chi connectivity index (χ0) is 20.2. The van der Waals surface area contributed by atoms with Gasteiger partial charge in [-0.2, -0.15) is 0 Å². The van der Waals surface area contributed by atoms with E-state index in [4.69, 9.17) is 16.3 Å². The highest BCUT2D eigenvalue weighted by Gasteiger charge is 2.23. The van der Waals surface area contributed by atoms with Crippen molar-refractivity contribution in [3.63, 3.8) is 0 Å². The standard InChI is InChI=1S/C21H17ClN4O3/c22-15-3-1-2-13(8-15)9-19-21(28)26-17-10-14(4-5-18(17)29-19)20(27)24-7-6-16-11-23-12-25-16/h1-5,8-12H,6-7H2,(H,23,25)(H,24,27)(H,26,28). The van der Waals surface area contributed by atoms with Gasteiger partial charge in [0.1, 0.15) is 0 Å². The second-order valence-corrected chi connectivity index (χ2v) is 6.85. The third kappa shape index (κ3) is 4.47. The van der Waals surface area contributed by atoms with Crippen molar-refractivity contribution in [2.45, 2.75) is 6.42 Å². The number of hydrogen-bond acceptors (Lipinski definition) is 4. The fraction of sp³-hybridized carbons (Fsp3) is 0.0952. The lowest BCUT2D eigenvalue weighted by molar-refractivity contribution is -0.115. The predicted molar refractivity (Wildman–Crippen MR) is 110 cm³/mol. The maximum atomic E-state index is 12.4. The molecule has 0 spiro atoms. The Labute approximate surface area is 171 Å². The van der Waals surface area contributed by atoms with Crippen molar-refractivity contribution < 1.29 is 14.3 Å². The molecule has 0 fully saturated rings. The largest absolute Gasteiger partial charge is 0.449 e. The van der Waals surface area contributed by atoms with Crippen LogP contribution in [0.15, 0.2) is 60.7 Å². The molecule has 1 aromatic heterocycles. The van der Waals surface area contributed by atoms with Crippen molar-refractivity contribution in [1.29, 1.82) is 0 Å². The van der Waals surface area contributed by atoms with Gasteiger partial charge in [0.15, 0.2) is 11.5 Å². The molecule has 146 valence electrons. The summed E-state index contributed by atoms with van der Waals surface area (Å²) in [5.41, 5.74) is 2.56. The summed E-state index contributed by atoms with van der Waals surface area (Å²) in [7, 11) is 0. The average molecular weight is 409 g/mol. The maximum Gasteiger partial charge on any atom is 0.291 e. The van der Waals surface area contributed by atoms with Gasteiger partial charge in [0.05, 0.1) is 12.0 Å². The summed E-state index contributed by atoms with van der Waals surface area (Å²) in [5, 5.41) is 6.17. The Hall–Kier alpha value is -3.58. The number of ether oxygens (including phenoxy) is 1. The fourth-order valence-corrected chi connectivity index (χ4v) is 3.08. The Morgan fingerprint density at radius 1 is 1.24 bits per heavy atom. The van der Waals surface area contributed by atoms with Crippen LogP contribution in [0.1, 0.15) is 21.6 Å². The highest BCUT2D eigenvalue weighted by Crippen LogP contribution is 2.32. The molecule has 0 unspecified atom stereocenters. The quantitative estimate of drug-likeness (QED) is 0.564. The highest BCUT2D eigenvalue weighted by atomic mass is 35.5. The smallest absolute Gasteiger partial charge is 0.291 e. The van der Waals surface area contributed by atoms with Gasteiger partial charge in [-0.25, -0.2) is 4.98 Å².